The van der Waals surface area contributed by atoms with Crippen molar-refractivity contribution in [1.82, 2.24) is 5.32 Å². The van der Waals surface area contributed by atoms with E-state index in [9.17, 15) is 14.9 Å². The monoisotopic (exact) mass is 251 g/mol. The molecule has 0 saturated carbocycles. The smallest absolute Gasteiger partial charge is 0.293 e. The van der Waals surface area contributed by atoms with Gasteiger partial charge >= 0.3 is 0 Å². The van der Waals surface area contributed by atoms with Crippen molar-refractivity contribution < 1.29 is 9.72 Å². The minimum atomic E-state index is -0.490. The van der Waals surface area contributed by atoms with Crippen LogP contribution in [0.25, 0.3) is 0 Å². The zero-order chi connectivity index (χ0) is 13.5. The molecule has 1 aromatic rings. The van der Waals surface area contributed by atoms with Gasteiger partial charge in [-0.15, -0.1) is 0 Å². The average molecular weight is 251 g/mol. The Balaban J connectivity index is 2.72. The van der Waals surface area contributed by atoms with Crippen LogP contribution in [0.1, 0.15) is 18.4 Å². The molecule has 98 valence electrons. The Morgan fingerprint density at radius 2 is 2.17 bits per heavy atom. The van der Waals surface area contributed by atoms with Crippen LogP contribution < -0.4 is 10.6 Å². The number of anilines is 1. The van der Waals surface area contributed by atoms with Gasteiger partial charge in [0.1, 0.15) is 5.69 Å². The largest absolute Gasteiger partial charge is 0.320 e. The van der Waals surface area contributed by atoms with E-state index in [0.29, 0.717) is 12.8 Å². The minimum absolute atomic E-state index is 0.0723. The Morgan fingerprint density at radius 3 is 2.78 bits per heavy atom. The van der Waals surface area contributed by atoms with Gasteiger partial charge in [0.15, 0.2) is 0 Å². The van der Waals surface area contributed by atoms with Crippen molar-refractivity contribution in [2.24, 2.45) is 0 Å². The first-order valence-electron chi connectivity index (χ1n) is 5.74. The highest BCUT2D eigenvalue weighted by Gasteiger charge is 2.15. The summed E-state index contributed by atoms with van der Waals surface area (Å²) in [4.78, 5) is 22.0. The van der Waals surface area contributed by atoms with E-state index in [2.05, 4.69) is 10.6 Å². The number of nitro benzene ring substituents is 1. The summed E-state index contributed by atoms with van der Waals surface area (Å²) >= 11 is 0. The molecule has 6 nitrogen and oxygen atoms in total. The van der Waals surface area contributed by atoms with Crippen LogP contribution in [-0.4, -0.2) is 24.4 Å². The second-order valence-corrected chi connectivity index (χ2v) is 4.03. The predicted molar refractivity (Wildman–Crippen MR) is 69.6 cm³/mol. The molecule has 0 aliphatic heterocycles. The first-order valence-corrected chi connectivity index (χ1v) is 5.74. The van der Waals surface area contributed by atoms with Crippen LogP contribution in [0.4, 0.5) is 11.4 Å². The van der Waals surface area contributed by atoms with Gasteiger partial charge in [-0.2, -0.15) is 0 Å². The number of benzene rings is 1. The summed E-state index contributed by atoms with van der Waals surface area (Å²) in [5.41, 5.74) is 0.965. The summed E-state index contributed by atoms with van der Waals surface area (Å²) < 4.78 is 0. The van der Waals surface area contributed by atoms with Crippen LogP contribution >= 0.6 is 0 Å². The summed E-state index contributed by atoms with van der Waals surface area (Å²) in [6, 6.07) is 4.74. The van der Waals surface area contributed by atoms with Crippen molar-refractivity contribution in [2.75, 3.05) is 18.9 Å². The van der Waals surface area contributed by atoms with Crippen LogP contribution in [0.2, 0.25) is 0 Å². The van der Waals surface area contributed by atoms with E-state index < -0.39 is 4.92 Å². The molecule has 1 aromatic carbocycles. The fraction of sp³-hybridized carbons (Fsp3) is 0.417. The SMILES string of the molecule is CNCCCC(=O)Nc1ccc(C)cc1[N+](=O)[O-]. The maximum Gasteiger partial charge on any atom is 0.293 e. The van der Waals surface area contributed by atoms with Gasteiger partial charge in [0, 0.05) is 12.5 Å². The summed E-state index contributed by atoms with van der Waals surface area (Å²) in [5, 5.41) is 16.4. The average Bonchev–Trinajstić information content (AvgIpc) is 2.31. The molecular formula is C12H17N3O3. The molecule has 2 N–H and O–H groups in total. The van der Waals surface area contributed by atoms with Crippen molar-refractivity contribution in [3.63, 3.8) is 0 Å². The summed E-state index contributed by atoms with van der Waals surface area (Å²) in [5.74, 6) is -0.211. The lowest BCUT2D eigenvalue weighted by Gasteiger charge is -2.06. The third kappa shape index (κ3) is 4.14. The number of nitrogens with one attached hydrogen (secondary N) is 2. The van der Waals surface area contributed by atoms with E-state index in [0.717, 1.165) is 12.1 Å². The molecule has 0 aromatic heterocycles. The number of hydrogen-bond donors (Lipinski definition) is 2. The predicted octanol–water partition coefficient (Wildman–Crippen LogP) is 1.84. The Hall–Kier alpha value is -1.95. The zero-order valence-corrected chi connectivity index (χ0v) is 10.5. The van der Waals surface area contributed by atoms with E-state index in [1.165, 1.54) is 6.07 Å². The molecule has 6 heteroatoms. The highest BCUT2D eigenvalue weighted by molar-refractivity contribution is 5.93. The van der Waals surface area contributed by atoms with Crippen LogP contribution in [0.15, 0.2) is 18.2 Å². The lowest BCUT2D eigenvalue weighted by atomic mass is 10.2. The van der Waals surface area contributed by atoms with E-state index in [1.54, 1.807) is 19.1 Å². The summed E-state index contributed by atoms with van der Waals surface area (Å²) in [7, 11) is 1.81. The molecule has 0 heterocycles. The molecule has 0 aliphatic rings. The molecule has 0 unspecified atom stereocenters. The topological polar surface area (TPSA) is 84.3 Å². The molecule has 0 fully saturated rings. The Labute approximate surface area is 106 Å². The number of carbonyl (C=O) groups is 1. The van der Waals surface area contributed by atoms with Crippen LogP contribution in [0.3, 0.4) is 0 Å². The quantitative estimate of drug-likeness (QED) is 0.459. The zero-order valence-electron chi connectivity index (χ0n) is 10.5. The van der Waals surface area contributed by atoms with Gasteiger partial charge in [0.2, 0.25) is 5.91 Å². The van der Waals surface area contributed by atoms with E-state index in [-0.39, 0.29) is 17.3 Å². The Morgan fingerprint density at radius 1 is 1.44 bits per heavy atom. The molecular weight excluding hydrogens is 234 g/mol. The van der Waals surface area contributed by atoms with Crippen molar-refractivity contribution in [3.8, 4) is 0 Å². The second kappa shape index (κ2) is 6.70. The maximum atomic E-state index is 11.6. The third-order valence-corrected chi connectivity index (χ3v) is 2.45. The van der Waals surface area contributed by atoms with Crippen molar-refractivity contribution in [3.05, 3.63) is 33.9 Å². The van der Waals surface area contributed by atoms with Crippen LogP contribution in [0, 0.1) is 17.0 Å². The van der Waals surface area contributed by atoms with Gasteiger partial charge < -0.3 is 10.6 Å². The molecule has 0 saturated heterocycles. The normalized spacial score (nSPS) is 10.1. The highest BCUT2D eigenvalue weighted by Crippen LogP contribution is 2.25. The Kier molecular flexibility index (Phi) is 5.26. The fourth-order valence-corrected chi connectivity index (χ4v) is 1.54. The molecule has 0 atom stereocenters. The van der Waals surface area contributed by atoms with E-state index in [4.69, 9.17) is 0 Å². The lowest BCUT2D eigenvalue weighted by Crippen LogP contribution is -2.15. The number of amides is 1. The number of hydrogen-bond acceptors (Lipinski definition) is 4. The molecule has 0 aliphatic carbocycles. The van der Waals surface area contributed by atoms with Crippen molar-refractivity contribution in [2.45, 2.75) is 19.8 Å². The fourth-order valence-electron chi connectivity index (χ4n) is 1.54. The second-order valence-electron chi connectivity index (χ2n) is 4.03. The van der Waals surface area contributed by atoms with Gasteiger partial charge in [0.25, 0.3) is 5.69 Å². The van der Waals surface area contributed by atoms with Gasteiger partial charge in [0.05, 0.1) is 4.92 Å². The molecule has 0 bridgehead atoms. The first kappa shape index (κ1) is 14.1. The van der Waals surface area contributed by atoms with Gasteiger partial charge in [-0.3, -0.25) is 14.9 Å². The Bertz CT molecular complexity index is 446. The number of rotatable bonds is 6. The number of aryl methyl sites for hydroxylation is 1. The molecule has 1 amide bonds. The lowest BCUT2D eigenvalue weighted by molar-refractivity contribution is -0.384. The standard InChI is InChI=1S/C12H17N3O3/c1-9-5-6-10(11(8-9)15(17)18)14-12(16)4-3-7-13-2/h5-6,8,13H,3-4,7H2,1-2H3,(H,14,16). The molecule has 0 radical (unpaired) electrons. The summed E-state index contributed by atoms with van der Waals surface area (Å²) in [6.45, 7) is 2.51. The van der Waals surface area contributed by atoms with Crippen LogP contribution in [-0.2, 0) is 4.79 Å². The van der Waals surface area contributed by atoms with E-state index in [1.807, 2.05) is 7.05 Å². The molecule has 18 heavy (non-hydrogen) atoms. The number of carbonyl (C=O) groups excluding carboxylic acids is 1. The number of nitrogens with zero attached hydrogens (tertiary/aromatic N) is 1. The molecule has 0 spiro atoms. The summed E-state index contributed by atoms with van der Waals surface area (Å²) in [6.07, 6.45) is 1.04. The van der Waals surface area contributed by atoms with Crippen LogP contribution in [0.5, 0.6) is 0 Å². The maximum absolute atomic E-state index is 11.6. The van der Waals surface area contributed by atoms with Gasteiger partial charge in [-0.25, -0.2) is 0 Å². The minimum Gasteiger partial charge on any atom is -0.320 e. The van der Waals surface area contributed by atoms with Crippen molar-refractivity contribution in [1.29, 1.82) is 0 Å². The van der Waals surface area contributed by atoms with E-state index >= 15 is 0 Å². The van der Waals surface area contributed by atoms with Gasteiger partial charge in [-0.1, -0.05) is 6.07 Å². The number of nitro groups is 1. The third-order valence-electron chi connectivity index (χ3n) is 2.45. The highest BCUT2D eigenvalue weighted by atomic mass is 16.6. The molecule has 1 rings (SSSR count). The van der Waals surface area contributed by atoms with Crippen molar-refractivity contribution >= 4 is 17.3 Å². The van der Waals surface area contributed by atoms with Gasteiger partial charge in [-0.05, 0) is 38.6 Å². The first-order chi connectivity index (χ1) is 8.54.